The van der Waals surface area contributed by atoms with Gasteiger partial charge < -0.3 is 29.2 Å². The minimum absolute atomic E-state index is 0.0303. The average Bonchev–Trinajstić information content (AvgIpc) is 2.85. The minimum atomic E-state index is -1.11. The van der Waals surface area contributed by atoms with Crippen LogP contribution < -0.4 is 11.0 Å². The number of H-pyrrole nitrogens is 1. The van der Waals surface area contributed by atoms with E-state index < -0.39 is 48.1 Å². The molecule has 0 unspecified atom stereocenters. The first kappa shape index (κ1) is 20.6. The number of aromatic amines is 1. The fourth-order valence-electron chi connectivity index (χ4n) is 2.45. The van der Waals surface area contributed by atoms with Crippen LogP contribution in [0.5, 0.6) is 0 Å². The van der Waals surface area contributed by atoms with Crippen LogP contribution in [0, 0.1) is 0 Å². The molecule has 0 saturated carbocycles. The van der Waals surface area contributed by atoms with Gasteiger partial charge >= 0.3 is 23.6 Å². The second-order valence-electron chi connectivity index (χ2n) is 5.59. The van der Waals surface area contributed by atoms with E-state index in [-0.39, 0.29) is 17.4 Å². The third kappa shape index (κ3) is 5.66. The number of nitrogens with one attached hydrogen (secondary N) is 2. The molecule has 0 spiro atoms. The van der Waals surface area contributed by atoms with Crippen molar-refractivity contribution in [3.8, 4) is 0 Å². The summed E-state index contributed by atoms with van der Waals surface area (Å²) in [5.74, 6) is -1.91. The van der Waals surface area contributed by atoms with E-state index in [1.54, 1.807) is 0 Å². The number of rotatable bonds is 6. The summed E-state index contributed by atoms with van der Waals surface area (Å²) < 4.78 is 21.0. The average molecular weight is 404 g/mol. The summed E-state index contributed by atoms with van der Waals surface area (Å²) >= 11 is 5.97. The van der Waals surface area contributed by atoms with Gasteiger partial charge in [-0.1, -0.05) is 11.6 Å². The molecule has 1 aromatic heterocycles. The molecule has 0 bridgehead atoms. The topological polar surface area (TPSA) is 146 Å². The molecule has 0 aliphatic carbocycles. The lowest BCUT2D eigenvalue weighted by atomic mass is 10.1. The molecule has 1 aliphatic heterocycles. The maximum absolute atomic E-state index is 11.5. The van der Waals surface area contributed by atoms with Gasteiger partial charge in [-0.15, -0.1) is 0 Å². The number of nitrogens with zero attached hydrogens (tertiary/aromatic N) is 1. The van der Waals surface area contributed by atoms with E-state index in [0.717, 1.165) is 0 Å². The van der Waals surface area contributed by atoms with Crippen molar-refractivity contribution < 1.29 is 33.3 Å². The summed E-state index contributed by atoms with van der Waals surface area (Å²) in [7, 11) is 0. The number of hydrogen-bond donors (Lipinski definition) is 2. The molecule has 1 aliphatic rings. The molecule has 1 fully saturated rings. The maximum Gasteiger partial charge on any atom is 0.346 e. The Morgan fingerprint density at radius 1 is 1.19 bits per heavy atom. The molecule has 0 radical (unpaired) electrons. The van der Waals surface area contributed by atoms with Crippen molar-refractivity contribution in [1.29, 1.82) is 0 Å². The lowest BCUT2D eigenvalue weighted by Crippen LogP contribution is -2.43. The minimum Gasteiger partial charge on any atom is -0.463 e. The van der Waals surface area contributed by atoms with Crippen LogP contribution in [0.2, 0.25) is 5.02 Å². The first-order valence-corrected chi connectivity index (χ1v) is 8.20. The van der Waals surface area contributed by atoms with Crippen molar-refractivity contribution in [1.82, 2.24) is 9.97 Å². The molecule has 1 saturated heterocycles. The molecule has 12 heteroatoms. The Bertz CT molecular complexity index is 783. The van der Waals surface area contributed by atoms with Crippen LogP contribution >= 0.6 is 11.6 Å². The third-order valence-corrected chi connectivity index (χ3v) is 3.69. The van der Waals surface area contributed by atoms with Gasteiger partial charge in [0.05, 0.1) is 5.02 Å². The molecular weight excluding hydrogens is 386 g/mol. The fraction of sp³-hybridized carbons (Fsp3) is 0.533. The summed E-state index contributed by atoms with van der Waals surface area (Å²) in [5, 5.41) is 2.81. The van der Waals surface area contributed by atoms with Gasteiger partial charge in [-0.3, -0.25) is 14.4 Å². The van der Waals surface area contributed by atoms with E-state index in [0.29, 0.717) is 0 Å². The Morgan fingerprint density at radius 3 is 2.41 bits per heavy atom. The molecule has 148 valence electrons. The Morgan fingerprint density at radius 2 is 1.81 bits per heavy atom. The summed E-state index contributed by atoms with van der Waals surface area (Å²) in [5.41, 5.74) is -0.670. The Labute approximate surface area is 158 Å². The molecule has 11 nitrogen and oxygen atoms in total. The van der Waals surface area contributed by atoms with Crippen molar-refractivity contribution in [2.45, 2.75) is 45.3 Å². The predicted molar refractivity (Wildman–Crippen MR) is 89.9 cm³/mol. The first-order chi connectivity index (χ1) is 12.7. The van der Waals surface area contributed by atoms with E-state index in [9.17, 15) is 19.2 Å². The quantitative estimate of drug-likeness (QED) is 0.491. The number of carbonyl (C=O) groups excluding carboxylic acids is 3. The number of halogens is 1. The van der Waals surface area contributed by atoms with Crippen LogP contribution in [0.15, 0.2) is 11.0 Å². The zero-order valence-corrected chi connectivity index (χ0v) is 15.4. The van der Waals surface area contributed by atoms with Crippen LogP contribution in [-0.4, -0.2) is 59.0 Å². The number of ether oxygens (including phenoxy) is 4. The van der Waals surface area contributed by atoms with Crippen LogP contribution in [0.25, 0.3) is 0 Å². The van der Waals surface area contributed by atoms with Crippen LogP contribution in [0.1, 0.15) is 20.8 Å². The van der Waals surface area contributed by atoms with Gasteiger partial charge in [0.1, 0.15) is 12.7 Å². The van der Waals surface area contributed by atoms with E-state index in [1.807, 2.05) is 0 Å². The molecule has 2 rings (SSSR count). The second-order valence-corrected chi connectivity index (χ2v) is 6.00. The van der Waals surface area contributed by atoms with Crippen LogP contribution in [0.3, 0.4) is 0 Å². The molecule has 4 atom stereocenters. The van der Waals surface area contributed by atoms with Gasteiger partial charge in [0.2, 0.25) is 0 Å². The number of carbonyl (C=O) groups is 3. The molecule has 0 amide bonds. The summed E-state index contributed by atoms with van der Waals surface area (Å²) in [6.45, 7) is 3.29. The highest BCUT2D eigenvalue weighted by Crippen LogP contribution is 2.29. The number of hydrogen-bond acceptors (Lipinski definition) is 10. The van der Waals surface area contributed by atoms with Gasteiger partial charge in [0.25, 0.3) is 0 Å². The summed E-state index contributed by atoms with van der Waals surface area (Å²) in [6, 6.07) is 0. The smallest absolute Gasteiger partial charge is 0.346 e. The van der Waals surface area contributed by atoms with E-state index in [2.05, 4.69) is 15.3 Å². The van der Waals surface area contributed by atoms with Crippen molar-refractivity contribution >= 4 is 35.3 Å². The zero-order valence-electron chi connectivity index (χ0n) is 14.7. The van der Waals surface area contributed by atoms with E-state index >= 15 is 0 Å². The lowest BCUT2D eigenvalue weighted by Gasteiger charge is -2.23. The predicted octanol–water partition coefficient (Wildman–Crippen LogP) is -0.0134. The lowest BCUT2D eigenvalue weighted by molar-refractivity contribution is -0.165. The highest BCUT2D eigenvalue weighted by atomic mass is 35.5. The van der Waals surface area contributed by atoms with Gasteiger partial charge in [-0.25, -0.2) is 4.79 Å². The fourth-order valence-corrected chi connectivity index (χ4v) is 2.60. The van der Waals surface area contributed by atoms with Gasteiger partial charge in [0, 0.05) is 27.0 Å². The molecule has 1 aromatic rings. The Kier molecular flexibility index (Phi) is 6.75. The number of anilines is 1. The summed E-state index contributed by atoms with van der Waals surface area (Å²) in [4.78, 5) is 51.4. The summed E-state index contributed by atoms with van der Waals surface area (Å²) in [6.07, 6.45) is -2.96. The molecule has 2 N–H and O–H groups in total. The van der Waals surface area contributed by atoms with Crippen molar-refractivity contribution in [3.63, 3.8) is 0 Å². The zero-order chi connectivity index (χ0) is 20.1. The second kappa shape index (κ2) is 8.82. The monoisotopic (exact) mass is 403 g/mol. The maximum atomic E-state index is 11.5. The van der Waals surface area contributed by atoms with Crippen molar-refractivity contribution in [2.75, 3.05) is 11.9 Å². The molecule has 2 heterocycles. The number of aromatic nitrogens is 2. The molecule has 27 heavy (non-hydrogen) atoms. The van der Waals surface area contributed by atoms with Gasteiger partial charge in [0.15, 0.2) is 24.3 Å². The van der Waals surface area contributed by atoms with Crippen molar-refractivity contribution in [2.24, 2.45) is 0 Å². The standard InChI is InChI=1S/C15H18ClN3O8/c1-6(20)24-5-10-11(25-7(2)21)12(26-8(3)22)14(27-10)18-13-9(16)4-17-15(23)19-13/h4,10-12,14H,5H2,1-3H3,(H2,17,18,19,23)/t10-,11+,12-,14-/m1/s1. The molecule has 0 aromatic carbocycles. The number of esters is 3. The Balaban J connectivity index is 2.30. The molecular formula is C15H18ClN3O8. The van der Waals surface area contributed by atoms with Crippen LogP contribution in [0.4, 0.5) is 5.82 Å². The van der Waals surface area contributed by atoms with Gasteiger partial charge in [-0.05, 0) is 0 Å². The third-order valence-electron chi connectivity index (χ3n) is 3.41. The normalized spacial score (nSPS) is 24.1. The van der Waals surface area contributed by atoms with E-state index in [4.69, 9.17) is 30.5 Å². The van der Waals surface area contributed by atoms with E-state index in [1.165, 1.54) is 27.0 Å². The van der Waals surface area contributed by atoms with Gasteiger partial charge in [-0.2, -0.15) is 4.98 Å². The van der Waals surface area contributed by atoms with Crippen LogP contribution in [-0.2, 0) is 33.3 Å². The van der Waals surface area contributed by atoms with Crippen molar-refractivity contribution in [3.05, 3.63) is 21.7 Å². The SMILES string of the molecule is CC(=O)OC[C@H]1O[C@@H](Nc2nc(=O)[nH]cc2Cl)[C@H](OC(C)=O)[C@H]1OC(C)=O. The highest BCUT2D eigenvalue weighted by Gasteiger charge is 2.50. The Hall–Kier alpha value is -2.66. The largest absolute Gasteiger partial charge is 0.463 e. The first-order valence-electron chi connectivity index (χ1n) is 7.82. The highest BCUT2D eigenvalue weighted by molar-refractivity contribution is 6.32.